The van der Waals surface area contributed by atoms with Crippen LogP contribution >= 0.6 is 0 Å². The first-order chi connectivity index (χ1) is 11.5. The van der Waals surface area contributed by atoms with Crippen LogP contribution in [0.25, 0.3) is 0 Å². The molecule has 0 aliphatic carbocycles. The first-order valence-corrected chi connectivity index (χ1v) is 7.55. The van der Waals surface area contributed by atoms with E-state index in [0.29, 0.717) is 17.9 Å². The second-order valence-electron chi connectivity index (χ2n) is 5.12. The number of rotatable bonds is 7. The van der Waals surface area contributed by atoms with Crippen LogP contribution in [0.2, 0.25) is 0 Å². The Balaban J connectivity index is 2.05. The van der Waals surface area contributed by atoms with Crippen LogP contribution in [0.15, 0.2) is 42.5 Å². The van der Waals surface area contributed by atoms with Gasteiger partial charge in [0.25, 0.3) is 0 Å². The van der Waals surface area contributed by atoms with Crippen molar-refractivity contribution in [2.75, 3.05) is 11.9 Å². The van der Waals surface area contributed by atoms with Gasteiger partial charge in [-0.05, 0) is 43.7 Å². The third-order valence-corrected chi connectivity index (χ3v) is 3.30. The summed E-state index contributed by atoms with van der Waals surface area (Å²) in [6, 6.07) is 11.6. The molecule has 2 aromatic rings. The molecule has 0 atom stereocenters. The lowest BCUT2D eigenvalue weighted by molar-refractivity contribution is -0.115. The summed E-state index contributed by atoms with van der Waals surface area (Å²) in [4.78, 5) is 12.2. The van der Waals surface area contributed by atoms with Gasteiger partial charge in [0, 0.05) is 11.3 Å². The monoisotopic (exact) mass is 335 g/mol. The fourth-order valence-electron chi connectivity index (χ4n) is 2.28. The Hall–Kier alpha value is -2.63. The van der Waals surface area contributed by atoms with Crippen LogP contribution in [0.1, 0.15) is 18.1 Å². The van der Waals surface area contributed by atoms with Gasteiger partial charge in [-0.3, -0.25) is 4.79 Å². The molecule has 0 spiro atoms. The van der Waals surface area contributed by atoms with Crippen LogP contribution in [0.3, 0.4) is 0 Å². The Bertz CT molecular complexity index is 704. The van der Waals surface area contributed by atoms with Gasteiger partial charge in [-0.15, -0.1) is 0 Å². The zero-order valence-corrected chi connectivity index (χ0v) is 13.5. The van der Waals surface area contributed by atoms with Crippen molar-refractivity contribution in [2.45, 2.75) is 26.9 Å². The van der Waals surface area contributed by atoms with Crippen molar-refractivity contribution in [3.05, 3.63) is 53.6 Å². The van der Waals surface area contributed by atoms with Gasteiger partial charge in [-0.2, -0.15) is 8.78 Å². The minimum atomic E-state index is -2.93. The molecule has 0 aliphatic heterocycles. The lowest BCUT2D eigenvalue weighted by Gasteiger charge is -2.12. The summed E-state index contributed by atoms with van der Waals surface area (Å²) in [7, 11) is 0. The van der Waals surface area contributed by atoms with Crippen LogP contribution in [0.5, 0.6) is 11.5 Å². The number of benzene rings is 2. The SMILES string of the molecule is CCOc1ccc(NC(=O)Cc2ccccc2OC(F)F)cc1C. The van der Waals surface area contributed by atoms with Gasteiger partial charge < -0.3 is 14.8 Å². The number of halogens is 2. The zero-order valence-electron chi connectivity index (χ0n) is 13.5. The normalized spacial score (nSPS) is 10.5. The predicted octanol–water partition coefficient (Wildman–Crippen LogP) is 4.18. The van der Waals surface area contributed by atoms with Crippen LogP contribution < -0.4 is 14.8 Å². The number of hydrogen-bond donors (Lipinski definition) is 1. The highest BCUT2D eigenvalue weighted by Crippen LogP contribution is 2.23. The average Bonchev–Trinajstić information content (AvgIpc) is 2.51. The number of anilines is 1. The van der Waals surface area contributed by atoms with E-state index in [1.54, 1.807) is 36.4 Å². The number of carbonyl (C=O) groups is 1. The standard InChI is InChI=1S/C18H19F2NO3/c1-3-23-15-9-8-14(10-12(15)2)21-17(22)11-13-6-4-5-7-16(13)24-18(19)20/h4-10,18H,3,11H2,1-2H3,(H,21,22). The van der Waals surface area contributed by atoms with Crippen molar-refractivity contribution in [3.63, 3.8) is 0 Å². The molecule has 0 aliphatic rings. The second kappa shape index (κ2) is 8.29. The van der Waals surface area contributed by atoms with Crippen molar-refractivity contribution in [3.8, 4) is 11.5 Å². The summed E-state index contributed by atoms with van der Waals surface area (Å²) in [6.45, 7) is 1.41. The molecule has 0 aromatic heterocycles. The van der Waals surface area contributed by atoms with E-state index in [1.807, 2.05) is 13.8 Å². The first kappa shape index (κ1) is 17.7. The quantitative estimate of drug-likeness (QED) is 0.826. The Labute approximate surface area is 139 Å². The molecule has 0 saturated heterocycles. The van der Waals surface area contributed by atoms with E-state index >= 15 is 0 Å². The maximum atomic E-state index is 12.4. The van der Waals surface area contributed by atoms with Crippen molar-refractivity contribution in [2.24, 2.45) is 0 Å². The molecule has 0 fully saturated rings. The van der Waals surface area contributed by atoms with Crippen LogP contribution in [0, 0.1) is 6.92 Å². The largest absolute Gasteiger partial charge is 0.494 e. The second-order valence-corrected chi connectivity index (χ2v) is 5.12. The fraction of sp³-hybridized carbons (Fsp3) is 0.278. The molecule has 1 amide bonds. The summed E-state index contributed by atoms with van der Waals surface area (Å²) in [5.74, 6) is 0.445. The molecule has 0 heterocycles. The lowest BCUT2D eigenvalue weighted by Crippen LogP contribution is -2.15. The number of carbonyl (C=O) groups excluding carboxylic acids is 1. The number of amides is 1. The van der Waals surface area contributed by atoms with E-state index in [-0.39, 0.29) is 18.1 Å². The Kier molecular flexibility index (Phi) is 6.12. The highest BCUT2D eigenvalue weighted by molar-refractivity contribution is 5.92. The van der Waals surface area contributed by atoms with Crippen molar-refractivity contribution in [1.29, 1.82) is 0 Å². The summed E-state index contributed by atoms with van der Waals surface area (Å²) in [6.07, 6.45) is -0.0604. The number of hydrogen-bond acceptors (Lipinski definition) is 3. The molecule has 0 saturated carbocycles. The fourth-order valence-corrected chi connectivity index (χ4v) is 2.28. The summed E-state index contributed by atoms with van der Waals surface area (Å²) >= 11 is 0. The van der Waals surface area contributed by atoms with E-state index < -0.39 is 6.61 Å². The number of ether oxygens (including phenoxy) is 2. The molecule has 2 aromatic carbocycles. The molecular formula is C18H19F2NO3. The molecule has 0 unspecified atom stereocenters. The summed E-state index contributed by atoms with van der Waals surface area (Å²) in [5, 5.41) is 2.74. The van der Waals surface area contributed by atoms with E-state index in [9.17, 15) is 13.6 Å². The molecule has 128 valence electrons. The molecule has 0 radical (unpaired) electrons. The van der Waals surface area contributed by atoms with Gasteiger partial charge in [0.1, 0.15) is 11.5 Å². The van der Waals surface area contributed by atoms with E-state index in [4.69, 9.17) is 4.74 Å². The summed E-state index contributed by atoms with van der Waals surface area (Å²) < 4.78 is 34.7. The summed E-state index contributed by atoms with van der Waals surface area (Å²) in [5.41, 5.74) is 1.92. The minimum Gasteiger partial charge on any atom is -0.494 e. The third-order valence-electron chi connectivity index (χ3n) is 3.30. The van der Waals surface area contributed by atoms with Gasteiger partial charge in [0.2, 0.25) is 5.91 Å². The van der Waals surface area contributed by atoms with E-state index in [0.717, 1.165) is 11.3 Å². The molecular weight excluding hydrogens is 316 g/mol. The van der Waals surface area contributed by atoms with Gasteiger partial charge in [-0.25, -0.2) is 0 Å². The molecule has 4 nitrogen and oxygen atoms in total. The highest BCUT2D eigenvalue weighted by atomic mass is 19.3. The average molecular weight is 335 g/mol. The zero-order chi connectivity index (χ0) is 17.5. The smallest absolute Gasteiger partial charge is 0.387 e. The van der Waals surface area contributed by atoms with Crippen molar-refractivity contribution >= 4 is 11.6 Å². The van der Waals surface area contributed by atoms with E-state index in [2.05, 4.69) is 10.1 Å². The molecule has 0 bridgehead atoms. The third kappa shape index (κ3) is 4.94. The minimum absolute atomic E-state index is 0.00512. The predicted molar refractivity (Wildman–Crippen MR) is 87.8 cm³/mol. The van der Waals surface area contributed by atoms with Gasteiger partial charge >= 0.3 is 6.61 Å². The van der Waals surface area contributed by atoms with Gasteiger partial charge in [0.15, 0.2) is 0 Å². The highest BCUT2D eigenvalue weighted by Gasteiger charge is 2.13. The molecule has 2 rings (SSSR count). The van der Waals surface area contributed by atoms with Crippen molar-refractivity contribution < 1.29 is 23.0 Å². The first-order valence-electron chi connectivity index (χ1n) is 7.55. The lowest BCUT2D eigenvalue weighted by atomic mass is 10.1. The Morgan fingerprint density at radius 3 is 2.58 bits per heavy atom. The number of aryl methyl sites for hydroxylation is 1. The molecule has 1 N–H and O–H groups in total. The van der Waals surface area contributed by atoms with Gasteiger partial charge in [0.05, 0.1) is 13.0 Å². The Morgan fingerprint density at radius 1 is 1.17 bits per heavy atom. The van der Waals surface area contributed by atoms with Crippen molar-refractivity contribution in [1.82, 2.24) is 0 Å². The maximum absolute atomic E-state index is 12.4. The number of para-hydroxylation sites is 1. The maximum Gasteiger partial charge on any atom is 0.387 e. The topological polar surface area (TPSA) is 47.6 Å². The van der Waals surface area contributed by atoms with E-state index in [1.165, 1.54) is 6.07 Å². The van der Waals surface area contributed by atoms with Crippen LogP contribution in [0.4, 0.5) is 14.5 Å². The molecule has 6 heteroatoms. The number of nitrogens with one attached hydrogen (secondary N) is 1. The van der Waals surface area contributed by atoms with Crippen LogP contribution in [-0.2, 0) is 11.2 Å². The van der Waals surface area contributed by atoms with Crippen LogP contribution in [-0.4, -0.2) is 19.1 Å². The molecule has 24 heavy (non-hydrogen) atoms. The Morgan fingerprint density at radius 2 is 1.92 bits per heavy atom. The number of alkyl halides is 2. The van der Waals surface area contributed by atoms with Gasteiger partial charge in [-0.1, -0.05) is 18.2 Å².